The quantitative estimate of drug-likeness (QED) is 0.175. The number of rotatable bonds is 7. The number of aromatic nitrogens is 1. The topological polar surface area (TPSA) is 93.3 Å². The number of hydrogen-bond acceptors (Lipinski definition) is 7. The number of nitro groups is 1. The van der Waals surface area contributed by atoms with Crippen molar-refractivity contribution in [1.82, 2.24) is 9.47 Å². The first-order chi connectivity index (χ1) is 19.2. The van der Waals surface area contributed by atoms with Gasteiger partial charge in [0.15, 0.2) is 5.11 Å². The van der Waals surface area contributed by atoms with Crippen molar-refractivity contribution < 1.29 is 19.2 Å². The fraction of sp³-hybridized carbons (Fsp3) is 0.310. The number of carbonyl (C=O) groups excluding carboxylic acids is 1. The zero-order valence-corrected chi connectivity index (χ0v) is 23.7. The molecule has 208 valence electrons. The van der Waals surface area contributed by atoms with Crippen LogP contribution in [0.25, 0.3) is 11.8 Å². The number of carbonyl (C=O) groups is 1. The van der Waals surface area contributed by atoms with E-state index in [1.807, 2.05) is 72.7 Å². The molecule has 0 N–H and O–H groups in total. The van der Waals surface area contributed by atoms with Crippen molar-refractivity contribution in [3.8, 4) is 11.4 Å². The number of hydrogen-bond donors (Lipinski definition) is 0. The number of amides is 1. The Labute approximate surface area is 238 Å². The van der Waals surface area contributed by atoms with Gasteiger partial charge in [0.25, 0.3) is 11.6 Å². The summed E-state index contributed by atoms with van der Waals surface area (Å²) in [5.74, 6) is 0.491. The zero-order valence-electron chi connectivity index (χ0n) is 22.9. The van der Waals surface area contributed by atoms with Gasteiger partial charge >= 0.3 is 0 Å². The van der Waals surface area contributed by atoms with Crippen LogP contribution in [0.1, 0.15) is 23.9 Å². The van der Waals surface area contributed by atoms with Crippen molar-refractivity contribution >= 4 is 46.4 Å². The van der Waals surface area contributed by atoms with Crippen molar-refractivity contribution in [3.05, 3.63) is 81.3 Å². The van der Waals surface area contributed by atoms with Crippen molar-refractivity contribution in [2.75, 3.05) is 49.8 Å². The minimum atomic E-state index is -0.339. The maximum atomic E-state index is 13.5. The van der Waals surface area contributed by atoms with Gasteiger partial charge in [0, 0.05) is 37.6 Å². The summed E-state index contributed by atoms with van der Waals surface area (Å²) in [4.78, 5) is 30.4. The number of aryl methyl sites for hydroxylation is 1. The fourth-order valence-electron chi connectivity index (χ4n) is 5.19. The molecule has 11 heteroatoms. The molecule has 0 aliphatic carbocycles. The van der Waals surface area contributed by atoms with E-state index < -0.39 is 0 Å². The normalized spacial score (nSPS) is 16.8. The van der Waals surface area contributed by atoms with Gasteiger partial charge < -0.3 is 23.8 Å². The number of likely N-dealkylation sites (N-methyl/N-ethyl adjacent to an activating group) is 1. The van der Waals surface area contributed by atoms with E-state index in [1.165, 1.54) is 4.90 Å². The Morgan fingerprint density at radius 3 is 2.40 bits per heavy atom. The van der Waals surface area contributed by atoms with Gasteiger partial charge in [-0.25, -0.2) is 0 Å². The van der Waals surface area contributed by atoms with Crippen LogP contribution in [0.15, 0.2) is 54.2 Å². The molecule has 2 fully saturated rings. The lowest BCUT2D eigenvalue weighted by atomic mass is 10.2. The number of nitrogens with zero attached hydrogens (tertiary/aromatic N) is 5. The molecule has 2 aromatic carbocycles. The Kier molecular flexibility index (Phi) is 7.59. The summed E-state index contributed by atoms with van der Waals surface area (Å²) in [6.07, 6.45) is 1.82. The summed E-state index contributed by atoms with van der Waals surface area (Å²) >= 11 is 5.62. The molecular formula is C29H31N5O5S. The molecule has 10 nitrogen and oxygen atoms in total. The van der Waals surface area contributed by atoms with Crippen molar-refractivity contribution in [2.45, 2.75) is 20.8 Å². The van der Waals surface area contributed by atoms with E-state index >= 15 is 0 Å². The molecule has 40 heavy (non-hydrogen) atoms. The molecule has 0 spiro atoms. The third-order valence-corrected chi connectivity index (χ3v) is 7.65. The first-order valence-electron chi connectivity index (χ1n) is 13.1. The molecule has 0 unspecified atom stereocenters. The molecule has 1 amide bonds. The summed E-state index contributed by atoms with van der Waals surface area (Å²) < 4.78 is 12.9. The zero-order chi connectivity index (χ0) is 28.6. The average Bonchev–Trinajstić information content (AvgIpc) is 3.35. The highest BCUT2D eigenvalue weighted by Gasteiger charge is 2.37. The molecule has 2 saturated heterocycles. The Morgan fingerprint density at radius 1 is 1.07 bits per heavy atom. The molecule has 1 aromatic heterocycles. The van der Waals surface area contributed by atoms with Crippen LogP contribution in [-0.4, -0.2) is 65.4 Å². The van der Waals surface area contributed by atoms with Gasteiger partial charge in [-0.1, -0.05) is 0 Å². The highest BCUT2D eigenvalue weighted by molar-refractivity contribution is 7.80. The number of anilines is 2. The molecule has 0 atom stereocenters. The van der Waals surface area contributed by atoms with Crippen LogP contribution in [0.2, 0.25) is 0 Å². The van der Waals surface area contributed by atoms with Crippen LogP contribution in [0, 0.1) is 24.0 Å². The first kappa shape index (κ1) is 27.4. The summed E-state index contributed by atoms with van der Waals surface area (Å²) in [6, 6.07) is 14.5. The molecule has 0 bridgehead atoms. The largest absolute Gasteiger partial charge is 0.494 e. The van der Waals surface area contributed by atoms with Gasteiger partial charge in [0.05, 0.1) is 36.1 Å². The summed E-state index contributed by atoms with van der Waals surface area (Å²) in [5, 5.41) is 12.4. The minimum absolute atomic E-state index is 0.0499. The maximum Gasteiger partial charge on any atom is 0.294 e. The van der Waals surface area contributed by atoms with E-state index in [0.29, 0.717) is 60.8 Å². The van der Waals surface area contributed by atoms with Gasteiger partial charge in [-0.15, -0.1) is 0 Å². The Morgan fingerprint density at radius 2 is 1.75 bits per heavy atom. The van der Waals surface area contributed by atoms with E-state index in [9.17, 15) is 14.9 Å². The van der Waals surface area contributed by atoms with E-state index in [4.69, 9.17) is 21.7 Å². The summed E-state index contributed by atoms with van der Waals surface area (Å²) in [6.45, 7) is 8.64. The molecule has 2 aliphatic heterocycles. The molecule has 3 heterocycles. The third kappa shape index (κ3) is 4.93. The monoisotopic (exact) mass is 561 g/mol. The Balaban J connectivity index is 1.48. The lowest BCUT2D eigenvalue weighted by Crippen LogP contribution is -2.36. The SMILES string of the molecule is CCOc1ccc(N2C(=O)/C(=C/c3cc(C)n(-c4ccc(N5CCOCC5)c([N+](=O)[O-])c4)c3C)N(C)C2=S)cc1. The minimum Gasteiger partial charge on any atom is -0.494 e. The van der Waals surface area contributed by atoms with Crippen LogP contribution in [0.3, 0.4) is 0 Å². The van der Waals surface area contributed by atoms with Gasteiger partial charge in [0.1, 0.15) is 17.1 Å². The van der Waals surface area contributed by atoms with Gasteiger partial charge in [-0.05, 0) is 87.1 Å². The van der Waals surface area contributed by atoms with E-state index in [2.05, 4.69) is 0 Å². The van der Waals surface area contributed by atoms with E-state index in [-0.39, 0.29) is 16.5 Å². The van der Waals surface area contributed by atoms with Crippen LogP contribution >= 0.6 is 12.2 Å². The first-order valence-corrected chi connectivity index (χ1v) is 13.5. The van der Waals surface area contributed by atoms with Gasteiger partial charge in [0.2, 0.25) is 0 Å². The molecule has 5 rings (SSSR count). The standard InChI is InChI=1S/C29H31N5O5S/c1-5-39-24-9-6-22(7-10-24)33-28(35)27(30(4)29(33)40)17-21-16-19(2)32(20(21)3)23-8-11-25(26(18-23)34(36)37)31-12-14-38-15-13-31/h6-11,16-18H,5,12-15H2,1-4H3/b27-17-. The lowest BCUT2D eigenvalue weighted by molar-refractivity contribution is -0.384. The van der Waals surface area contributed by atoms with Crippen molar-refractivity contribution in [2.24, 2.45) is 0 Å². The predicted octanol–water partition coefficient (Wildman–Crippen LogP) is 4.84. The summed E-state index contributed by atoms with van der Waals surface area (Å²) in [7, 11) is 1.77. The van der Waals surface area contributed by atoms with Gasteiger partial charge in [-0.3, -0.25) is 19.8 Å². The Hall–Kier alpha value is -4.22. The van der Waals surface area contributed by atoms with Crippen molar-refractivity contribution in [3.63, 3.8) is 0 Å². The lowest BCUT2D eigenvalue weighted by Gasteiger charge is -2.28. The molecular weight excluding hydrogens is 530 g/mol. The predicted molar refractivity (Wildman–Crippen MR) is 158 cm³/mol. The second-order valence-corrected chi connectivity index (χ2v) is 10.00. The smallest absolute Gasteiger partial charge is 0.294 e. The molecule has 2 aliphatic rings. The highest BCUT2D eigenvalue weighted by atomic mass is 32.1. The molecule has 3 aromatic rings. The third-order valence-electron chi connectivity index (χ3n) is 7.20. The van der Waals surface area contributed by atoms with E-state index in [1.54, 1.807) is 24.1 Å². The van der Waals surface area contributed by atoms with Gasteiger partial charge in [-0.2, -0.15) is 0 Å². The number of nitro benzene ring substituents is 1. The second-order valence-electron chi connectivity index (χ2n) is 9.63. The number of benzene rings is 2. The molecule has 0 radical (unpaired) electrons. The van der Waals surface area contributed by atoms with Crippen LogP contribution < -0.4 is 14.5 Å². The number of morpholine rings is 1. The number of ether oxygens (including phenoxy) is 2. The van der Waals surface area contributed by atoms with Crippen LogP contribution in [0.5, 0.6) is 5.75 Å². The Bertz CT molecular complexity index is 1510. The van der Waals surface area contributed by atoms with Crippen LogP contribution in [-0.2, 0) is 9.53 Å². The second kappa shape index (κ2) is 11.1. The molecule has 0 saturated carbocycles. The van der Waals surface area contributed by atoms with Crippen molar-refractivity contribution in [1.29, 1.82) is 0 Å². The maximum absolute atomic E-state index is 13.5. The summed E-state index contributed by atoms with van der Waals surface area (Å²) in [5.41, 5.74) is 4.98. The fourth-order valence-corrected chi connectivity index (χ4v) is 5.48. The average molecular weight is 562 g/mol. The number of thiocarbonyl (C=S) groups is 1. The van der Waals surface area contributed by atoms with Crippen LogP contribution in [0.4, 0.5) is 17.1 Å². The van der Waals surface area contributed by atoms with E-state index in [0.717, 1.165) is 22.7 Å². The highest BCUT2D eigenvalue weighted by Crippen LogP contribution is 2.34.